The Labute approximate surface area is 182 Å². The second-order valence-electron chi connectivity index (χ2n) is 6.30. The molecule has 0 saturated carbocycles. The van der Waals surface area contributed by atoms with E-state index in [0.717, 1.165) is 11.8 Å². The lowest BCUT2D eigenvalue weighted by atomic mass is 10.1. The number of H-pyrrole nitrogens is 1. The van der Waals surface area contributed by atoms with Crippen LogP contribution in [0, 0.1) is 11.3 Å². The number of aromatic nitrogens is 2. The number of amides is 1. The van der Waals surface area contributed by atoms with Crippen LogP contribution < -0.4 is 10.9 Å². The van der Waals surface area contributed by atoms with Crippen LogP contribution in [0.25, 0.3) is 11.3 Å². The van der Waals surface area contributed by atoms with Gasteiger partial charge < -0.3 is 15.0 Å². The number of methoxy groups -OCH3 is 1. The fourth-order valence-electron chi connectivity index (χ4n) is 2.81. The molecule has 0 radical (unpaired) electrons. The lowest BCUT2D eigenvalue weighted by Crippen LogP contribution is -2.35. The van der Waals surface area contributed by atoms with Gasteiger partial charge >= 0.3 is 5.97 Å². The zero-order chi connectivity index (χ0) is 22.2. The van der Waals surface area contributed by atoms with E-state index in [1.54, 1.807) is 54.6 Å². The van der Waals surface area contributed by atoms with E-state index < -0.39 is 23.5 Å². The van der Waals surface area contributed by atoms with Gasteiger partial charge in [0.05, 0.1) is 18.6 Å². The quantitative estimate of drug-likeness (QED) is 0.332. The Balaban J connectivity index is 1.77. The van der Waals surface area contributed by atoms with Crippen LogP contribution in [0.5, 0.6) is 0 Å². The van der Waals surface area contributed by atoms with Gasteiger partial charge in [-0.15, -0.1) is 0 Å². The van der Waals surface area contributed by atoms with E-state index >= 15 is 0 Å². The minimum absolute atomic E-state index is 0.102. The molecule has 3 rings (SSSR count). The molecule has 0 fully saturated rings. The Kier molecular flexibility index (Phi) is 7.19. The fraction of sp³-hybridized carbons (Fsp3) is 0.136. The smallest absolute Gasteiger partial charge is 0.333 e. The predicted octanol–water partition coefficient (Wildman–Crippen LogP) is 2.43. The van der Waals surface area contributed by atoms with Crippen LogP contribution in [0.2, 0.25) is 0 Å². The van der Waals surface area contributed by atoms with Crippen molar-refractivity contribution in [2.24, 2.45) is 0 Å². The van der Waals surface area contributed by atoms with Crippen LogP contribution in [0.4, 0.5) is 0 Å². The van der Waals surface area contributed by atoms with Crippen molar-refractivity contribution in [1.82, 2.24) is 15.3 Å². The number of esters is 1. The lowest BCUT2D eigenvalue weighted by Gasteiger charge is -2.16. The van der Waals surface area contributed by atoms with Crippen molar-refractivity contribution in [3.8, 4) is 17.3 Å². The van der Waals surface area contributed by atoms with Crippen LogP contribution in [0.3, 0.4) is 0 Å². The summed E-state index contributed by atoms with van der Waals surface area (Å²) in [4.78, 5) is 43.7. The number of carbonyl (C=O) groups excluding carboxylic acids is 2. The number of rotatable bonds is 7. The Hall–Kier alpha value is -3.90. The number of benzene rings is 2. The number of nitrogens with one attached hydrogen (secondary N) is 2. The molecule has 1 heterocycles. The largest absolute Gasteiger partial charge is 0.467 e. The van der Waals surface area contributed by atoms with Crippen LogP contribution >= 0.6 is 11.8 Å². The van der Waals surface area contributed by atoms with Crippen molar-refractivity contribution in [2.75, 3.05) is 12.9 Å². The molecule has 1 aromatic heterocycles. The number of nitrogens with zero attached hydrogens (tertiary/aromatic N) is 2. The minimum Gasteiger partial charge on any atom is -0.467 e. The van der Waals surface area contributed by atoms with Gasteiger partial charge in [-0.25, -0.2) is 9.78 Å². The van der Waals surface area contributed by atoms with Gasteiger partial charge in [-0.1, -0.05) is 72.4 Å². The van der Waals surface area contributed by atoms with Crippen molar-refractivity contribution in [1.29, 1.82) is 5.26 Å². The Bertz CT molecular complexity index is 1170. The molecule has 2 N–H and O–H groups in total. The van der Waals surface area contributed by atoms with Crippen molar-refractivity contribution < 1.29 is 14.3 Å². The second-order valence-corrected chi connectivity index (χ2v) is 7.26. The second kappa shape index (κ2) is 10.2. The lowest BCUT2D eigenvalue weighted by molar-refractivity contribution is -0.145. The molecular formula is C22H18N4O4S. The molecule has 1 amide bonds. The molecule has 0 spiro atoms. The van der Waals surface area contributed by atoms with Gasteiger partial charge in [0, 0.05) is 5.56 Å². The van der Waals surface area contributed by atoms with Gasteiger partial charge in [-0.2, -0.15) is 5.26 Å². The Morgan fingerprint density at radius 2 is 1.81 bits per heavy atom. The normalized spacial score (nSPS) is 11.2. The minimum atomic E-state index is -0.952. The van der Waals surface area contributed by atoms with Crippen molar-refractivity contribution in [3.63, 3.8) is 0 Å². The molecule has 9 heteroatoms. The number of ether oxygens (including phenoxy) is 1. The predicted molar refractivity (Wildman–Crippen MR) is 115 cm³/mol. The van der Waals surface area contributed by atoms with E-state index in [0.29, 0.717) is 11.1 Å². The first-order chi connectivity index (χ1) is 15.0. The highest BCUT2D eigenvalue weighted by Gasteiger charge is 2.23. The van der Waals surface area contributed by atoms with E-state index in [9.17, 15) is 19.6 Å². The number of carbonyl (C=O) groups is 2. The highest BCUT2D eigenvalue weighted by atomic mass is 32.2. The van der Waals surface area contributed by atoms with Crippen molar-refractivity contribution >= 4 is 23.6 Å². The number of hydrogen-bond acceptors (Lipinski definition) is 7. The third kappa shape index (κ3) is 5.38. The molecular weight excluding hydrogens is 416 g/mol. The first-order valence-corrected chi connectivity index (χ1v) is 10.2. The molecule has 1 atom stereocenters. The molecule has 0 bridgehead atoms. The molecule has 2 aromatic carbocycles. The van der Waals surface area contributed by atoms with Crippen LogP contribution in [-0.4, -0.2) is 34.7 Å². The summed E-state index contributed by atoms with van der Waals surface area (Å²) in [5.41, 5.74) is 0.757. The molecule has 0 aliphatic carbocycles. The van der Waals surface area contributed by atoms with Crippen LogP contribution in [-0.2, 0) is 14.3 Å². The molecule has 0 aliphatic heterocycles. The number of thioether (sulfide) groups is 1. The third-order valence-electron chi connectivity index (χ3n) is 4.27. The average molecular weight is 434 g/mol. The Morgan fingerprint density at radius 1 is 1.16 bits per heavy atom. The number of hydrogen-bond donors (Lipinski definition) is 2. The van der Waals surface area contributed by atoms with Crippen LogP contribution in [0.15, 0.2) is 70.6 Å². The summed E-state index contributed by atoms with van der Waals surface area (Å²) in [5.74, 6) is -1.15. The summed E-state index contributed by atoms with van der Waals surface area (Å²) in [6.07, 6.45) is 0. The first-order valence-electron chi connectivity index (χ1n) is 9.18. The van der Waals surface area contributed by atoms with Gasteiger partial charge in [0.1, 0.15) is 11.6 Å². The summed E-state index contributed by atoms with van der Waals surface area (Å²) in [6, 6.07) is 18.5. The van der Waals surface area contributed by atoms with Crippen molar-refractivity contribution in [2.45, 2.75) is 11.2 Å². The first kappa shape index (κ1) is 21.8. The standard InChI is InChI=1S/C22H18N4O4S/c1-30-21(29)19(15-10-6-3-7-11-15)24-17(27)13-31-22-25-18(14-8-4-2-5-9-14)16(12-23)20(28)26-22/h2-11,19H,13H2,1H3,(H,24,27)(H,25,26,28). The van der Waals surface area contributed by atoms with E-state index in [-0.39, 0.29) is 22.2 Å². The molecule has 1 unspecified atom stereocenters. The maximum atomic E-state index is 12.5. The molecule has 156 valence electrons. The molecule has 0 saturated heterocycles. The summed E-state index contributed by atoms with van der Waals surface area (Å²) in [5, 5.41) is 12.1. The molecule has 8 nitrogen and oxygen atoms in total. The van der Waals surface area contributed by atoms with Gasteiger partial charge in [-0.3, -0.25) is 9.59 Å². The number of nitriles is 1. The summed E-state index contributed by atoms with van der Waals surface area (Å²) >= 11 is 0.987. The maximum absolute atomic E-state index is 12.5. The molecule has 3 aromatic rings. The average Bonchev–Trinajstić information content (AvgIpc) is 2.81. The Morgan fingerprint density at radius 3 is 2.42 bits per heavy atom. The van der Waals surface area contributed by atoms with Crippen molar-refractivity contribution in [3.05, 3.63) is 82.1 Å². The SMILES string of the molecule is COC(=O)C(NC(=O)CSc1nc(-c2ccccc2)c(C#N)c(=O)[nH]1)c1ccccc1. The summed E-state index contributed by atoms with van der Waals surface area (Å²) in [7, 11) is 1.25. The van der Waals surface area contributed by atoms with E-state index in [2.05, 4.69) is 15.3 Å². The topological polar surface area (TPSA) is 125 Å². The summed E-state index contributed by atoms with van der Waals surface area (Å²) in [6.45, 7) is 0. The monoisotopic (exact) mass is 434 g/mol. The molecule has 0 aliphatic rings. The highest BCUT2D eigenvalue weighted by molar-refractivity contribution is 7.99. The summed E-state index contributed by atoms with van der Waals surface area (Å²) < 4.78 is 4.79. The fourth-order valence-corrected chi connectivity index (χ4v) is 3.48. The van der Waals surface area contributed by atoms with Gasteiger partial charge in [-0.05, 0) is 5.56 Å². The molecule has 31 heavy (non-hydrogen) atoms. The zero-order valence-electron chi connectivity index (χ0n) is 16.5. The van der Waals surface area contributed by atoms with E-state index in [4.69, 9.17) is 4.74 Å². The number of aromatic amines is 1. The maximum Gasteiger partial charge on any atom is 0.333 e. The third-order valence-corrected chi connectivity index (χ3v) is 5.15. The van der Waals surface area contributed by atoms with Gasteiger partial charge in [0.15, 0.2) is 11.2 Å². The van der Waals surface area contributed by atoms with Gasteiger partial charge in [0.2, 0.25) is 5.91 Å². The van der Waals surface area contributed by atoms with E-state index in [1.165, 1.54) is 7.11 Å². The van der Waals surface area contributed by atoms with E-state index in [1.807, 2.05) is 12.1 Å². The van der Waals surface area contributed by atoms with Crippen LogP contribution in [0.1, 0.15) is 17.2 Å². The highest BCUT2D eigenvalue weighted by Crippen LogP contribution is 2.22. The zero-order valence-corrected chi connectivity index (χ0v) is 17.3. The van der Waals surface area contributed by atoms with Gasteiger partial charge in [0.25, 0.3) is 5.56 Å².